The van der Waals surface area contributed by atoms with Gasteiger partial charge in [-0.05, 0) is 6.07 Å². The number of nitrogen functional groups attached to an aromatic ring is 1. The first-order chi connectivity index (χ1) is 7.86. The van der Waals surface area contributed by atoms with Gasteiger partial charge in [-0.15, -0.1) is 0 Å². The summed E-state index contributed by atoms with van der Waals surface area (Å²) in [5.74, 6) is 0. The molecule has 0 amide bonds. The van der Waals surface area contributed by atoms with Crippen LogP contribution < -0.4 is 5.73 Å². The summed E-state index contributed by atoms with van der Waals surface area (Å²) in [4.78, 5) is 0. The van der Waals surface area contributed by atoms with Crippen LogP contribution in [-0.2, 0) is 17.8 Å². The van der Waals surface area contributed by atoms with E-state index in [1.165, 1.54) is 5.69 Å². The van der Waals surface area contributed by atoms with E-state index in [2.05, 4.69) is 10.2 Å². The molecule has 0 atom stereocenters. The Kier molecular flexibility index (Phi) is 2.15. The van der Waals surface area contributed by atoms with Crippen molar-refractivity contribution in [3.63, 3.8) is 0 Å². The first kappa shape index (κ1) is 9.42. The second-order valence-corrected chi connectivity index (χ2v) is 3.92. The van der Waals surface area contributed by atoms with Crippen LogP contribution in [0.2, 0.25) is 0 Å². The molecule has 0 unspecified atom stereocenters. The summed E-state index contributed by atoms with van der Waals surface area (Å²) < 4.78 is 5.46. The third-order valence-corrected chi connectivity index (χ3v) is 2.91. The minimum atomic E-state index is 0.621. The predicted octanol–water partition coefficient (Wildman–Crippen LogP) is 1.73. The van der Waals surface area contributed by atoms with Gasteiger partial charge in [-0.2, -0.15) is 5.10 Å². The van der Waals surface area contributed by atoms with Crippen LogP contribution >= 0.6 is 0 Å². The van der Waals surface area contributed by atoms with Crippen molar-refractivity contribution >= 4 is 5.69 Å². The number of para-hydroxylation sites is 1. The van der Waals surface area contributed by atoms with E-state index in [-0.39, 0.29) is 0 Å². The molecule has 2 aromatic rings. The molecule has 0 saturated heterocycles. The van der Waals surface area contributed by atoms with E-state index in [0.717, 1.165) is 35.5 Å². The zero-order valence-corrected chi connectivity index (χ0v) is 8.86. The fourth-order valence-electron chi connectivity index (χ4n) is 2.05. The molecular formula is C12H13N3O. The van der Waals surface area contributed by atoms with Gasteiger partial charge in [0.1, 0.15) is 0 Å². The molecule has 0 saturated carbocycles. The van der Waals surface area contributed by atoms with Crippen LogP contribution in [-0.4, -0.2) is 16.8 Å². The van der Waals surface area contributed by atoms with Gasteiger partial charge in [0.15, 0.2) is 0 Å². The van der Waals surface area contributed by atoms with E-state index in [0.29, 0.717) is 6.61 Å². The molecule has 1 aromatic heterocycles. The Balaban J connectivity index is 2.13. The SMILES string of the molecule is Nc1ccccc1-c1n[nH]c2c1COCC2. The summed E-state index contributed by atoms with van der Waals surface area (Å²) in [5, 5.41) is 7.41. The first-order valence-corrected chi connectivity index (χ1v) is 5.35. The second-order valence-electron chi connectivity index (χ2n) is 3.92. The van der Waals surface area contributed by atoms with Gasteiger partial charge >= 0.3 is 0 Å². The van der Waals surface area contributed by atoms with Gasteiger partial charge in [0.25, 0.3) is 0 Å². The van der Waals surface area contributed by atoms with Gasteiger partial charge in [-0.3, -0.25) is 5.10 Å². The standard InChI is InChI=1S/C12H13N3O/c13-10-4-2-1-3-8(10)12-9-7-16-6-5-11(9)14-15-12/h1-4H,5-7,13H2,(H,14,15). The van der Waals surface area contributed by atoms with E-state index < -0.39 is 0 Å². The van der Waals surface area contributed by atoms with Crippen LogP contribution in [0.3, 0.4) is 0 Å². The van der Waals surface area contributed by atoms with E-state index in [9.17, 15) is 0 Å². The van der Waals surface area contributed by atoms with Gasteiger partial charge in [0.05, 0.1) is 18.9 Å². The molecule has 1 aromatic carbocycles. The van der Waals surface area contributed by atoms with Crippen molar-refractivity contribution in [1.82, 2.24) is 10.2 Å². The van der Waals surface area contributed by atoms with Crippen molar-refractivity contribution in [3.8, 4) is 11.3 Å². The molecule has 0 fully saturated rings. The van der Waals surface area contributed by atoms with E-state index >= 15 is 0 Å². The molecule has 16 heavy (non-hydrogen) atoms. The molecule has 82 valence electrons. The summed E-state index contributed by atoms with van der Waals surface area (Å²) in [7, 11) is 0. The van der Waals surface area contributed by atoms with E-state index in [4.69, 9.17) is 10.5 Å². The lowest BCUT2D eigenvalue weighted by molar-refractivity contribution is 0.110. The fourth-order valence-corrected chi connectivity index (χ4v) is 2.05. The maximum absolute atomic E-state index is 5.95. The van der Waals surface area contributed by atoms with Crippen LogP contribution in [0.4, 0.5) is 5.69 Å². The number of hydrogen-bond acceptors (Lipinski definition) is 3. The maximum Gasteiger partial charge on any atom is 0.0999 e. The Hall–Kier alpha value is -1.81. The number of aromatic nitrogens is 2. The fraction of sp³-hybridized carbons (Fsp3) is 0.250. The normalized spacial score (nSPS) is 14.8. The Labute approximate surface area is 93.4 Å². The molecule has 1 aliphatic rings. The van der Waals surface area contributed by atoms with Crippen LogP contribution in [0, 0.1) is 0 Å². The molecule has 0 radical (unpaired) electrons. The van der Waals surface area contributed by atoms with E-state index in [1.807, 2.05) is 24.3 Å². The maximum atomic E-state index is 5.95. The second kappa shape index (κ2) is 3.64. The topological polar surface area (TPSA) is 63.9 Å². The van der Waals surface area contributed by atoms with Gasteiger partial charge in [0.2, 0.25) is 0 Å². The Morgan fingerprint density at radius 2 is 2.19 bits per heavy atom. The molecule has 0 spiro atoms. The Morgan fingerprint density at radius 1 is 1.31 bits per heavy atom. The molecule has 0 bridgehead atoms. The molecule has 3 rings (SSSR count). The van der Waals surface area contributed by atoms with Crippen molar-refractivity contribution in [2.75, 3.05) is 12.3 Å². The summed E-state index contributed by atoms with van der Waals surface area (Å²) >= 11 is 0. The van der Waals surface area contributed by atoms with Gasteiger partial charge in [-0.25, -0.2) is 0 Å². The lowest BCUT2D eigenvalue weighted by Crippen LogP contribution is -2.09. The smallest absolute Gasteiger partial charge is 0.0999 e. The highest BCUT2D eigenvalue weighted by atomic mass is 16.5. The van der Waals surface area contributed by atoms with Crippen molar-refractivity contribution in [2.45, 2.75) is 13.0 Å². The quantitative estimate of drug-likeness (QED) is 0.712. The van der Waals surface area contributed by atoms with Crippen molar-refractivity contribution in [1.29, 1.82) is 0 Å². The number of fused-ring (bicyclic) bond motifs is 1. The average molecular weight is 215 g/mol. The number of hydrogen-bond donors (Lipinski definition) is 2. The summed E-state index contributed by atoms with van der Waals surface area (Å²) in [6.07, 6.45) is 0.898. The third kappa shape index (κ3) is 1.39. The van der Waals surface area contributed by atoms with Gasteiger partial charge in [0, 0.05) is 28.9 Å². The number of rotatable bonds is 1. The summed E-state index contributed by atoms with van der Waals surface area (Å²) in [6, 6.07) is 7.77. The van der Waals surface area contributed by atoms with Crippen LogP contribution in [0.5, 0.6) is 0 Å². The van der Waals surface area contributed by atoms with Crippen LogP contribution in [0.1, 0.15) is 11.3 Å². The van der Waals surface area contributed by atoms with Crippen molar-refractivity contribution in [3.05, 3.63) is 35.5 Å². The number of benzene rings is 1. The lowest BCUT2D eigenvalue weighted by Gasteiger charge is -2.12. The van der Waals surface area contributed by atoms with Crippen LogP contribution in [0.15, 0.2) is 24.3 Å². The van der Waals surface area contributed by atoms with Gasteiger partial charge < -0.3 is 10.5 Å². The lowest BCUT2D eigenvalue weighted by atomic mass is 10.0. The number of nitrogens with two attached hydrogens (primary N) is 1. The Bertz CT molecular complexity index is 519. The summed E-state index contributed by atoms with van der Waals surface area (Å²) in [5.41, 5.74) is 10.9. The highest BCUT2D eigenvalue weighted by Gasteiger charge is 2.19. The number of ether oxygens (including phenoxy) is 1. The molecule has 3 N–H and O–H groups in total. The molecule has 4 heteroatoms. The van der Waals surface area contributed by atoms with Crippen molar-refractivity contribution < 1.29 is 4.74 Å². The highest BCUT2D eigenvalue weighted by molar-refractivity contribution is 5.76. The number of anilines is 1. The summed E-state index contributed by atoms with van der Waals surface area (Å²) in [6.45, 7) is 1.38. The predicted molar refractivity (Wildman–Crippen MR) is 61.8 cm³/mol. The molecule has 0 aliphatic carbocycles. The zero-order valence-electron chi connectivity index (χ0n) is 8.86. The highest BCUT2D eigenvalue weighted by Crippen LogP contribution is 2.30. The number of nitrogens with zero attached hydrogens (tertiary/aromatic N) is 1. The average Bonchev–Trinajstić information content (AvgIpc) is 2.74. The molecule has 1 aliphatic heterocycles. The number of H-pyrrole nitrogens is 1. The third-order valence-electron chi connectivity index (χ3n) is 2.91. The monoisotopic (exact) mass is 215 g/mol. The largest absolute Gasteiger partial charge is 0.398 e. The van der Waals surface area contributed by atoms with Crippen LogP contribution in [0.25, 0.3) is 11.3 Å². The van der Waals surface area contributed by atoms with Crippen molar-refractivity contribution in [2.24, 2.45) is 0 Å². The van der Waals surface area contributed by atoms with Gasteiger partial charge in [-0.1, -0.05) is 18.2 Å². The number of aromatic amines is 1. The Morgan fingerprint density at radius 3 is 3.06 bits per heavy atom. The minimum absolute atomic E-state index is 0.621. The molecule has 4 nitrogen and oxygen atoms in total. The number of nitrogens with one attached hydrogen (secondary N) is 1. The molecule has 2 heterocycles. The van der Waals surface area contributed by atoms with E-state index in [1.54, 1.807) is 0 Å². The molecular weight excluding hydrogens is 202 g/mol. The first-order valence-electron chi connectivity index (χ1n) is 5.35. The minimum Gasteiger partial charge on any atom is -0.398 e. The zero-order chi connectivity index (χ0) is 11.0.